The zero-order chi connectivity index (χ0) is 24.0. The van der Waals surface area contributed by atoms with Gasteiger partial charge in [0.2, 0.25) is 0 Å². The molecule has 1 aromatic carbocycles. The van der Waals surface area contributed by atoms with Gasteiger partial charge in [0.1, 0.15) is 23.3 Å². The normalized spacial score (nSPS) is 20.2. The number of nitrogens with one attached hydrogen (secondary N) is 2. The van der Waals surface area contributed by atoms with Crippen molar-refractivity contribution in [2.75, 3.05) is 18.4 Å². The SMILES string of the molecule is Cc1cc(Nc2ccn[nH]2)nc(CN2C[C@H]3C[C@@H]2CN3C(=O)c2cccc(C(F)(F)F)c2F)n1. The van der Waals surface area contributed by atoms with E-state index in [-0.39, 0.29) is 12.1 Å². The highest BCUT2D eigenvalue weighted by molar-refractivity contribution is 5.95. The highest BCUT2D eigenvalue weighted by Crippen LogP contribution is 2.36. The average Bonchev–Trinajstić information content (AvgIpc) is 3.50. The third kappa shape index (κ3) is 4.20. The fourth-order valence-electron chi connectivity index (χ4n) is 4.67. The highest BCUT2D eigenvalue weighted by Gasteiger charge is 2.46. The van der Waals surface area contributed by atoms with E-state index < -0.39 is 29.0 Å². The second-order valence-corrected chi connectivity index (χ2v) is 8.50. The van der Waals surface area contributed by atoms with E-state index in [1.807, 2.05) is 13.0 Å². The first-order valence-corrected chi connectivity index (χ1v) is 10.7. The predicted molar refractivity (Wildman–Crippen MR) is 114 cm³/mol. The molecule has 0 radical (unpaired) electrons. The lowest BCUT2D eigenvalue weighted by Gasteiger charge is -2.34. The van der Waals surface area contributed by atoms with Crippen molar-refractivity contribution in [3.05, 3.63) is 65.0 Å². The predicted octanol–water partition coefficient (Wildman–Crippen LogP) is 3.51. The van der Waals surface area contributed by atoms with Crippen molar-refractivity contribution in [3.63, 3.8) is 0 Å². The molecule has 1 amide bonds. The molecule has 2 aromatic heterocycles. The first-order valence-electron chi connectivity index (χ1n) is 10.7. The largest absolute Gasteiger partial charge is 0.419 e. The second-order valence-electron chi connectivity index (χ2n) is 8.50. The van der Waals surface area contributed by atoms with Crippen LogP contribution in [-0.2, 0) is 12.7 Å². The molecular formula is C22H21F4N7O. The number of aromatic nitrogens is 4. The van der Waals surface area contributed by atoms with Gasteiger partial charge in [-0.1, -0.05) is 6.07 Å². The van der Waals surface area contributed by atoms with Crippen LogP contribution >= 0.6 is 0 Å². The molecule has 0 spiro atoms. The van der Waals surface area contributed by atoms with Gasteiger partial charge in [-0.15, -0.1) is 0 Å². The monoisotopic (exact) mass is 475 g/mol. The molecule has 2 aliphatic heterocycles. The van der Waals surface area contributed by atoms with Crippen LogP contribution in [0.25, 0.3) is 0 Å². The van der Waals surface area contributed by atoms with Crippen LogP contribution in [0.5, 0.6) is 0 Å². The number of nitrogens with zero attached hydrogens (tertiary/aromatic N) is 5. The minimum atomic E-state index is -4.86. The number of likely N-dealkylation sites (tertiary alicyclic amines) is 2. The average molecular weight is 475 g/mol. The van der Waals surface area contributed by atoms with E-state index in [0.29, 0.717) is 49.6 Å². The molecule has 34 heavy (non-hydrogen) atoms. The maximum Gasteiger partial charge on any atom is 0.419 e. The summed E-state index contributed by atoms with van der Waals surface area (Å²) in [6.45, 7) is 3.14. The minimum Gasteiger partial charge on any atom is -0.333 e. The zero-order valence-corrected chi connectivity index (χ0v) is 18.1. The van der Waals surface area contributed by atoms with Crippen LogP contribution in [0.15, 0.2) is 36.5 Å². The molecule has 2 atom stereocenters. The Morgan fingerprint density at radius 1 is 1.21 bits per heavy atom. The minimum absolute atomic E-state index is 0.00376. The van der Waals surface area contributed by atoms with Gasteiger partial charge in [0.05, 0.1) is 23.9 Å². The number of benzene rings is 1. The van der Waals surface area contributed by atoms with E-state index in [1.165, 1.54) is 4.90 Å². The summed E-state index contributed by atoms with van der Waals surface area (Å²) in [5.74, 6) is -0.316. The lowest BCUT2D eigenvalue weighted by atomic mass is 10.1. The fourth-order valence-corrected chi connectivity index (χ4v) is 4.67. The molecule has 0 saturated carbocycles. The summed E-state index contributed by atoms with van der Waals surface area (Å²) < 4.78 is 53.6. The van der Waals surface area contributed by atoms with Gasteiger partial charge in [-0.3, -0.25) is 14.8 Å². The maximum absolute atomic E-state index is 14.5. The van der Waals surface area contributed by atoms with Crippen molar-refractivity contribution in [1.29, 1.82) is 0 Å². The first-order chi connectivity index (χ1) is 16.2. The summed E-state index contributed by atoms with van der Waals surface area (Å²) in [5.41, 5.74) is -1.20. The number of anilines is 2. The lowest BCUT2D eigenvalue weighted by molar-refractivity contribution is -0.140. The number of carbonyl (C=O) groups excluding carboxylic acids is 1. The van der Waals surface area contributed by atoms with Gasteiger partial charge in [-0.25, -0.2) is 14.4 Å². The Bertz CT molecular complexity index is 1210. The molecule has 2 bridgehead atoms. The molecule has 178 valence electrons. The number of hydrogen-bond donors (Lipinski definition) is 2. The summed E-state index contributed by atoms with van der Waals surface area (Å²) >= 11 is 0. The van der Waals surface area contributed by atoms with E-state index in [9.17, 15) is 22.4 Å². The molecule has 2 aliphatic rings. The van der Waals surface area contributed by atoms with Gasteiger partial charge in [-0.05, 0) is 25.5 Å². The standard InChI is InChI=1S/C22H21F4N7O/c1-12-7-18(29-17-5-6-27-31-17)30-19(28-12)11-32-9-14-8-13(32)10-33(14)21(34)15-3-2-4-16(20(15)23)22(24,25)26/h2-7,13-14H,8-11H2,1H3,(H2,27,28,29,30,31)/t13-,14-/m1/s1. The van der Waals surface area contributed by atoms with Gasteiger partial charge in [0.15, 0.2) is 0 Å². The number of fused-ring (bicyclic) bond motifs is 2. The van der Waals surface area contributed by atoms with Crippen LogP contribution in [0, 0.1) is 12.7 Å². The van der Waals surface area contributed by atoms with E-state index >= 15 is 0 Å². The number of halogens is 4. The Morgan fingerprint density at radius 2 is 2.03 bits per heavy atom. The number of aromatic amines is 1. The van der Waals surface area contributed by atoms with Crippen LogP contribution in [0.2, 0.25) is 0 Å². The highest BCUT2D eigenvalue weighted by atomic mass is 19.4. The van der Waals surface area contributed by atoms with Gasteiger partial charge < -0.3 is 10.2 Å². The third-order valence-corrected chi connectivity index (χ3v) is 6.16. The van der Waals surface area contributed by atoms with Gasteiger partial charge in [0, 0.05) is 43.0 Å². The summed E-state index contributed by atoms with van der Waals surface area (Å²) in [6.07, 6.45) is -2.58. The molecule has 2 N–H and O–H groups in total. The van der Waals surface area contributed by atoms with Gasteiger partial charge in [0.25, 0.3) is 5.91 Å². The van der Waals surface area contributed by atoms with E-state index in [0.717, 1.165) is 17.8 Å². The summed E-state index contributed by atoms with van der Waals surface area (Å²) in [5, 5.41) is 9.82. The zero-order valence-electron chi connectivity index (χ0n) is 18.1. The third-order valence-electron chi connectivity index (χ3n) is 6.16. The molecule has 2 saturated heterocycles. The number of hydrogen-bond acceptors (Lipinski definition) is 6. The van der Waals surface area contributed by atoms with Crippen LogP contribution in [-0.4, -0.2) is 61.0 Å². The van der Waals surface area contributed by atoms with Crippen molar-refractivity contribution < 1.29 is 22.4 Å². The van der Waals surface area contributed by atoms with Crippen molar-refractivity contribution >= 4 is 17.5 Å². The quantitative estimate of drug-likeness (QED) is 0.549. The molecule has 0 unspecified atom stereocenters. The molecule has 4 heterocycles. The summed E-state index contributed by atoms with van der Waals surface area (Å²) in [6, 6.07) is 6.17. The Morgan fingerprint density at radius 3 is 2.71 bits per heavy atom. The number of carbonyl (C=O) groups is 1. The molecule has 12 heteroatoms. The number of piperazine rings is 1. The molecular weight excluding hydrogens is 454 g/mol. The smallest absolute Gasteiger partial charge is 0.333 e. The summed E-state index contributed by atoms with van der Waals surface area (Å²) in [4.78, 5) is 25.6. The number of rotatable bonds is 5. The Labute approximate surface area is 192 Å². The number of aryl methyl sites for hydroxylation is 1. The van der Waals surface area contributed by atoms with Crippen molar-refractivity contribution in [3.8, 4) is 0 Å². The van der Waals surface area contributed by atoms with E-state index in [1.54, 1.807) is 12.3 Å². The van der Waals surface area contributed by atoms with Crippen molar-refractivity contribution in [1.82, 2.24) is 30.0 Å². The number of H-pyrrole nitrogens is 1. The van der Waals surface area contributed by atoms with Crippen LogP contribution in [0.3, 0.4) is 0 Å². The number of alkyl halides is 3. The van der Waals surface area contributed by atoms with Crippen LogP contribution < -0.4 is 5.32 Å². The van der Waals surface area contributed by atoms with Crippen LogP contribution in [0.4, 0.5) is 29.2 Å². The topological polar surface area (TPSA) is 90.0 Å². The fraction of sp³-hybridized carbons (Fsp3) is 0.364. The summed E-state index contributed by atoms with van der Waals surface area (Å²) in [7, 11) is 0. The second kappa shape index (κ2) is 8.35. The molecule has 3 aromatic rings. The van der Waals surface area contributed by atoms with Gasteiger partial charge in [-0.2, -0.15) is 18.3 Å². The molecule has 0 aliphatic carbocycles. The number of amides is 1. The first kappa shape index (κ1) is 22.3. The van der Waals surface area contributed by atoms with Crippen molar-refractivity contribution in [2.45, 2.75) is 38.1 Å². The van der Waals surface area contributed by atoms with Crippen LogP contribution in [0.1, 0.15) is 33.9 Å². The van der Waals surface area contributed by atoms with Crippen molar-refractivity contribution in [2.24, 2.45) is 0 Å². The molecule has 8 nitrogen and oxygen atoms in total. The van der Waals surface area contributed by atoms with E-state index in [2.05, 4.69) is 30.4 Å². The molecule has 2 fully saturated rings. The Kier molecular flexibility index (Phi) is 5.47. The van der Waals surface area contributed by atoms with E-state index in [4.69, 9.17) is 0 Å². The maximum atomic E-state index is 14.5. The molecule has 5 rings (SSSR count). The Hall–Kier alpha value is -3.54. The van der Waals surface area contributed by atoms with Gasteiger partial charge >= 0.3 is 6.18 Å². The lowest BCUT2D eigenvalue weighted by Crippen LogP contribution is -2.48. The Balaban J connectivity index is 1.27.